The maximum atomic E-state index is 11.5. The van der Waals surface area contributed by atoms with E-state index in [2.05, 4.69) is 5.32 Å². The molecular weight excluding hydrogens is 218 g/mol. The molecule has 1 aliphatic rings. The van der Waals surface area contributed by atoms with E-state index in [-0.39, 0.29) is 18.4 Å². The molecule has 0 spiro atoms. The van der Waals surface area contributed by atoms with Crippen molar-refractivity contribution in [1.29, 1.82) is 0 Å². The zero-order valence-electron chi connectivity index (χ0n) is 9.69. The number of anilines is 1. The molecule has 1 saturated carbocycles. The molecular formula is C13H17NO3. The molecule has 0 radical (unpaired) electrons. The van der Waals surface area contributed by atoms with Crippen LogP contribution in [0, 0.1) is 5.92 Å². The van der Waals surface area contributed by atoms with Gasteiger partial charge in [-0.05, 0) is 37.1 Å². The minimum Gasteiger partial charge on any atom is -0.494 e. The van der Waals surface area contributed by atoms with Gasteiger partial charge in [0.15, 0.2) is 0 Å². The molecule has 1 fully saturated rings. The number of carbonyl (C=O) groups excluding carboxylic acids is 1. The fraction of sp³-hybridized carbons (Fsp3) is 0.462. The first-order chi connectivity index (χ1) is 8.29. The van der Waals surface area contributed by atoms with Crippen LogP contribution in [-0.4, -0.2) is 24.2 Å². The van der Waals surface area contributed by atoms with Crippen LogP contribution >= 0.6 is 0 Å². The molecule has 1 aromatic rings. The fourth-order valence-corrected chi connectivity index (χ4v) is 1.48. The quantitative estimate of drug-likeness (QED) is 0.739. The third-order valence-electron chi connectivity index (χ3n) is 2.64. The Morgan fingerprint density at radius 1 is 1.35 bits per heavy atom. The standard InChI is InChI=1S/C13H17NO3/c15-8-1-9-17-12-6-4-11(5-7-12)14-13(16)10-2-3-10/h4-7,10,15H,1-3,8-9H2,(H,14,16). The Morgan fingerprint density at radius 3 is 2.65 bits per heavy atom. The number of rotatable bonds is 6. The summed E-state index contributed by atoms with van der Waals surface area (Å²) in [6, 6.07) is 7.29. The second kappa shape index (κ2) is 5.68. The molecule has 4 heteroatoms. The first-order valence-electron chi connectivity index (χ1n) is 5.94. The third-order valence-corrected chi connectivity index (χ3v) is 2.64. The fourth-order valence-electron chi connectivity index (χ4n) is 1.48. The van der Waals surface area contributed by atoms with Crippen molar-refractivity contribution in [1.82, 2.24) is 0 Å². The minimum atomic E-state index is 0.110. The van der Waals surface area contributed by atoms with Crippen LogP contribution < -0.4 is 10.1 Å². The number of hydrogen-bond acceptors (Lipinski definition) is 3. The number of ether oxygens (including phenoxy) is 1. The minimum absolute atomic E-state index is 0.110. The summed E-state index contributed by atoms with van der Waals surface area (Å²) in [7, 11) is 0. The predicted molar refractivity (Wildman–Crippen MR) is 65.0 cm³/mol. The molecule has 0 unspecified atom stereocenters. The van der Waals surface area contributed by atoms with E-state index < -0.39 is 0 Å². The zero-order valence-corrected chi connectivity index (χ0v) is 9.69. The summed E-state index contributed by atoms with van der Waals surface area (Å²) < 4.78 is 5.39. The number of hydrogen-bond donors (Lipinski definition) is 2. The zero-order chi connectivity index (χ0) is 12.1. The first-order valence-corrected chi connectivity index (χ1v) is 5.94. The summed E-state index contributed by atoms with van der Waals surface area (Å²) >= 11 is 0. The van der Waals surface area contributed by atoms with E-state index in [0.29, 0.717) is 13.0 Å². The highest BCUT2D eigenvalue weighted by Crippen LogP contribution is 2.30. The van der Waals surface area contributed by atoms with E-state index in [9.17, 15) is 4.79 Å². The number of nitrogens with one attached hydrogen (secondary N) is 1. The van der Waals surface area contributed by atoms with Crippen LogP contribution in [0.5, 0.6) is 5.75 Å². The summed E-state index contributed by atoms with van der Waals surface area (Å²) in [5.74, 6) is 1.08. The number of carbonyl (C=O) groups is 1. The summed E-state index contributed by atoms with van der Waals surface area (Å²) in [6.45, 7) is 0.639. The summed E-state index contributed by atoms with van der Waals surface area (Å²) in [5, 5.41) is 11.5. The lowest BCUT2D eigenvalue weighted by atomic mass is 10.3. The lowest BCUT2D eigenvalue weighted by Crippen LogP contribution is -2.13. The number of aliphatic hydroxyl groups is 1. The van der Waals surface area contributed by atoms with Crippen LogP contribution in [0.2, 0.25) is 0 Å². The van der Waals surface area contributed by atoms with Crippen molar-refractivity contribution in [3.05, 3.63) is 24.3 Å². The van der Waals surface area contributed by atoms with E-state index in [1.165, 1.54) is 0 Å². The van der Waals surface area contributed by atoms with E-state index >= 15 is 0 Å². The van der Waals surface area contributed by atoms with Gasteiger partial charge in [-0.15, -0.1) is 0 Å². The van der Waals surface area contributed by atoms with Crippen molar-refractivity contribution in [2.45, 2.75) is 19.3 Å². The third kappa shape index (κ3) is 3.75. The van der Waals surface area contributed by atoms with Gasteiger partial charge in [0, 0.05) is 24.6 Å². The Balaban J connectivity index is 1.82. The Hall–Kier alpha value is -1.55. The summed E-state index contributed by atoms with van der Waals surface area (Å²) in [5.41, 5.74) is 0.802. The van der Waals surface area contributed by atoms with Crippen molar-refractivity contribution in [3.8, 4) is 5.75 Å². The van der Waals surface area contributed by atoms with E-state index in [1.807, 2.05) is 24.3 Å². The van der Waals surface area contributed by atoms with Crippen LogP contribution in [0.25, 0.3) is 0 Å². The lowest BCUT2D eigenvalue weighted by Gasteiger charge is -2.07. The second-order valence-corrected chi connectivity index (χ2v) is 4.21. The molecule has 17 heavy (non-hydrogen) atoms. The molecule has 0 bridgehead atoms. The van der Waals surface area contributed by atoms with Crippen LogP contribution in [0.3, 0.4) is 0 Å². The number of benzene rings is 1. The van der Waals surface area contributed by atoms with Crippen molar-refractivity contribution in [2.24, 2.45) is 5.92 Å². The molecule has 0 aliphatic heterocycles. The molecule has 2 rings (SSSR count). The monoisotopic (exact) mass is 235 g/mol. The van der Waals surface area contributed by atoms with E-state index in [4.69, 9.17) is 9.84 Å². The molecule has 2 N–H and O–H groups in total. The van der Waals surface area contributed by atoms with Crippen LogP contribution in [0.4, 0.5) is 5.69 Å². The topological polar surface area (TPSA) is 58.6 Å². The van der Waals surface area contributed by atoms with Crippen LogP contribution in [0.15, 0.2) is 24.3 Å². The first kappa shape index (κ1) is 11.9. The van der Waals surface area contributed by atoms with Gasteiger partial charge in [0.2, 0.25) is 5.91 Å². The van der Waals surface area contributed by atoms with Gasteiger partial charge in [-0.2, -0.15) is 0 Å². The van der Waals surface area contributed by atoms with Crippen LogP contribution in [-0.2, 0) is 4.79 Å². The number of aliphatic hydroxyl groups excluding tert-OH is 1. The smallest absolute Gasteiger partial charge is 0.227 e. The normalized spacial score (nSPS) is 14.4. The predicted octanol–water partition coefficient (Wildman–Crippen LogP) is 1.80. The summed E-state index contributed by atoms with van der Waals surface area (Å²) in [4.78, 5) is 11.5. The van der Waals surface area contributed by atoms with Gasteiger partial charge < -0.3 is 15.2 Å². The molecule has 0 saturated heterocycles. The van der Waals surface area contributed by atoms with Gasteiger partial charge in [0.1, 0.15) is 5.75 Å². The Labute approximate surface area is 101 Å². The van der Waals surface area contributed by atoms with E-state index in [1.54, 1.807) is 0 Å². The maximum Gasteiger partial charge on any atom is 0.227 e. The SMILES string of the molecule is O=C(Nc1ccc(OCCCO)cc1)C1CC1. The molecule has 1 amide bonds. The van der Waals surface area contributed by atoms with Gasteiger partial charge in [0.05, 0.1) is 6.61 Å². The van der Waals surface area contributed by atoms with Crippen molar-refractivity contribution in [3.63, 3.8) is 0 Å². The maximum absolute atomic E-state index is 11.5. The Kier molecular flexibility index (Phi) is 3.98. The highest BCUT2D eigenvalue weighted by molar-refractivity contribution is 5.94. The van der Waals surface area contributed by atoms with Crippen molar-refractivity contribution < 1.29 is 14.6 Å². The van der Waals surface area contributed by atoms with Crippen molar-refractivity contribution >= 4 is 11.6 Å². The highest BCUT2D eigenvalue weighted by atomic mass is 16.5. The van der Waals surface area contributed by atoms with Crippen LogP contribution in [0.1, 0.15) is 19.3 Å². The van der Waals surface area contributed by atoms with Gasteiger partial charge >= 0.3 is 0 Å². The molecule has 1 aliphatic carbocycles. The Morgan fingerprint density at radius 2 is 2.06 bits per heavy atom. The Bertz CT molecular complexity index is 371. The number of amides is 1. The molecule has 0 atom stereocenters. The lowest BCUT2D eigenvalue weighted by molar-refractivity contribution is -0.117. The average molecular weight is 235 g/mol. The van der Waals surface area contributed by atoms with Gasteiger partial charge in [0.25, 0.3) is 0 Å². The largest absolute Gasteiger partial charge is 0.494 e. The molecule has 1 aromatic carbocycles. The van der Waals surface area contributed by atoms with Gasteiger partial charge in [-0.1, -0.05) is 0 Å². The summed E-state index contributed by atoms with van der Waals surface area (Å²) in [6.07, 6.45) is 2.64. The second-order valence-electron chi connectivity index (χ2n) is 4.21. The van der Waals surface area contributed by atoms with Gasteiger partial charge in [-0.3, -0.25) is 4.79 Å². The molecule has 0 aromatic heterocycles. The molecule has 92 valence electrons. The molecule has 0 heterocycles. The molecule has 4 nitrogen and oxygen atoms in total. The average Bonchev–Trinajstić information content (AvgIpc) is 3.16. The van der Waals surface area contributed by atoms with Crippen molar-refractivity contribution in [2.75, 3.05) is 18.5 Å². The van der Waals surface area contributed by atoms with Gasteiger partial charge in [-0.25, -0.2) is 0 Å². The van der Waals surface area contributed by atoms with E-state index in [0.717, 1.165) is 24.3 Å². The highest BCUT2D eigenvalue weighted by Gasteiger charge is 2.29.